The molecule has 2 rings (SSSR count). The van der Waals surface area contributed by atoms with Gasteiger partial charge in [-0.3, -0.25) is 19.7 Å². The summed E-state index contributed by atoms with van der Waals surface area (Å²) in [5, 5.41) is 2.27. The van der Waals surface area contributed by atoms with Crippen LogP contribution in [0.1, 0.15) is 45.4 Å². The van der Waals surface area contributed by atoms with Crippen molar-refractivity contribution in [3.8, 4) is 0 Å². The number of amides is 3. The molecule has 2 saturated heterocycles. The molecule has 0 saturated carbocycles. The molecule has 0 aliphatic carbocycles. The van der Waals surface area contributed by atoms with Crippen molar-refractivity contribution in [3.63, 3.8) is 0 Å². The molecule has 0 bridgehead atoms. The fourth-order valence-electron chi connectivity index (χ4n) is 2.80. The second kappa shape index (κ2) is 6.83. The first-order valence-electron chi connectivity index (χ1n) is 7.36. The standard InChI is InChI=1S/C14H22N2O4/c1-2-11-14(19)15-12(17)9-16(11)13(18)7-6-10-5-3-4-8-20-10/h10-11H,2-9H2,1H3,(H,15,17,19). The smallest absolute Gasteiger partial charge is 0.249 e. The third kappa shape index (κ3) is 3.56. The Hall–Kier alpha value is -1.43. The summed E-state index contributed by atoms with van der Waals surface area (Å²) in [6, 6.07) is -0.521. The molecule has 6 nitrogen and oxygen atoms in total. The zero-order valence-corrected chi connectivity index (χ0v) is 11.9. The summed E-state index contributed by atoms with van der Waals surface area (Å²) in [5.41, 5.74) is 0. The monoisotopic (exact) mass is 282 g/mol. The molecule has 2 atom stereocenters. The van der Waals surface area contributed by atoms with Crippen molar-refractivity contribution in [2.75, 3.05) is 13.2 Å². The number of hydrogen-bond acceptors (Lipinski definition) is 4. The molecule has 0 radical (unpaired) electrons. The van der Waals surface area contributed by atoms with Crippen molar-refractivity contribution in [2.24, 2.45) is 0 Å². The van der Waals surface area contributed by atoms with Gasteiger partial charge >= 0.3 is 0 Å². The molecule has 0 aromatic carbocycles. The summed E-state index contributed by atoms with van der Waals surface area (Å²) in [6.07, 6.45) is 4.88. The number of nitrogens with zero attached hydrogens (tertiary/aromatic N) is 1. The molecule has 0 aromatic heterocycles. The molecule has 2 aliphatic rings. The number of hydrogen-bond donors (Lipinski definition) is 1. The average Bonchev–Trinajstić information content (AvgIpc) is 2.45. The van der Waals surface area contributed by atoms with E-state index in [-0.39, 0.29) is 24.5 Å². The highest BCUT2D eigenvalue weighted by Gasteiger charge is 2.35. The van der Waals surface area contributed by atoms with Crippen molar-refractivity contribution in [1.82, 2.24) is 10.2 Å². The lowest BCUT2D eigenvalue weighted by molar-refractivity contribution is -0.150. The fourth-order valence-corrected chi connectivity index (χ4v) is 2.80. The van der Waals surface area contributed by atoms with Gasteiger partial charge in [-0.1, -0.05) is 6.92 Å². The van der Waals surface area contributed by atoms with Crippen LogP contribution in [-0.2, 0) is 19.1 Å². The maximum absolute atomic E-state index is 12.2. The number of rotatable bonds is 4. The lowest BCUT2D eigenvalue weighted by Crippen LogP contribution is -2.59. The van der Waals surface area contributed by atoms with Gasteiger partial charge in [-0.2, -0.15) is 0 Å². The predicted octanol–water partition coefficient (Wildman–Crippen LogP) is 0.599. The Bertz CT molecular complexity index is 391. The van der Waals surface area contributed by atoms with Crippen LogP contribution in [0.4, 0.5) is 0 Å². The number of imide groups is 1. The molecule has 2 fully saturated rings. The summed E-state index contributed by atoms with van der Waals surface area (Å²) < 4.78 is 5.59. The second-order valence-electron chi connectivity index (χ2n) is 5.39. The minimum absolute atomic E-state index is 0.0192. The minimum atomic E-state index is -0.521. The number of ether oxygens (including phenoxy) is 1. The summed E-state index contributed by atoms with van der Waals surface area (Å²) in [5.74, 6) is -0.901. The number of nitrogens with one attached hydrogen (secondary N) is 1. The van der Waals surface area contributed by atoms with Crippen molar-refractivity contribution in [2.45, 2.75) is 57.6 Å². The molecule has 112 valence electrons. The summed E-state index contributed by atoms with van der Waals surface area (Å²) >= 11 is 0. The Balaban J connectivity index is 1.88. The van der Waals surface area contributed by atoms with Crippen LogP contribution in [0, 0.1) is 0 Å². The van der Waals surface area contributed by atoms with Crippen LogP contribution >= 0.6 is 0 Å². The van der Waals surface area contributed by atoms with Gasteiger partial charge in [-0.25, -0.2) is 0 Å². The fraction of sp³-hybridized carbons (Fsp3) is 0.786. The van der Waals surface area contributed by atoms with Crippen LogP contribution in [0.2, 0.25) is 0 Å². The molecule has 2 unspecified atom stereocenters. The van der Waals surface area contributed by atoms with Gasteiger partial charge in [0.1, 0.15) is 12.6 Å². The van der Waals surface area contributed by atoms with E-state index < -0.39 is 11.9 Å². The van der Waals surface area contributed by atoms with E-state index in [9.17, 15) is 14.4 Å². The van der Waals surface area contributed by atoms with E-state index in [0.717, 1.165) is 25.9 Å². The highest BCUT2D eigenvalue weighted by atomic mass is 16.5. The first-order chi connectivity index (χ1) is 9.61. The van der Waals surface area contributed by atoms with E-state index in [1.165, 1.54) is 4.90 Å². The molecule has 0 spiro atoms. The van der Waals surface area contributed by atoms with E-state index in [1.54, 1.807) is 0 Å². The Labute approximate surface area is 118 Å². The number of carbonyl (C=O) groups excluding carboxylic acids is 3. The summed E-state index contributed by atoms with van der Waals surface area (Å²) in [4.78, 5) is 36.8. The van der Waals surface area contributed by atoms with Gasteiger partial charge in [0.25, 0.3) is 0 Å². The molecule has 20 heavy (non-hydrogen) atoms. The molecule has 6 heteroatoms. The lowest BCUT2D eigenvalue weighted by atomic mass is 10.0. The normalized spacial score (nSPS) is 27.4. The Kier molecular flexibility index (Phi) is 5.11. The largest absolute Gasteiger partial charge is 0.378 e. The van der Waals surface area contributed by atoms with Gasteiger partial charge in [0.2, 0.25) is 17.7 Å². The van der Waals surface area contributed by atoms with Crippen molar-refractivity contribution < 1.29 is 19.1 Å². The molecule has 2 heterocycles. The van der Waals surface area contributed by atoms with E-state index >= 15 is 0 Å². The SMILES string of the molecule is CCC1C(=O)NC(=O)CN1C(=O)CCC1CCCCO1. The third-order valence-electron chi connectivity index (χ3n) is 3.92. The first-order valence-corrected chi connectivity index (χ1v) is 7.36. The minimum Gasteiger partial charge on any atom is -0.378 e. The predicted molar refractivity (Wildman–Crippen MR) is 71.8 cm³/mol. The maximum Gasteiger partial charge on any atom is 0.249 e. The third-order valence-corrected chi connectivity index (χ3v) is 3.92. The second-order valence-corrected chi connectivity index (χ2v) is 5.39. The molecular weight excluding hydrogens is 260 g/mol. The molecule has 3 amide bonds. The van der Waals surface area contributed by atoms with Crippen LogP contribution < -0.4 is 5.32 Å². The molecule has 2 aliphatic heterocycles. The molecule has 0 aromatic rings. The van der Waals surface area contributed by atoms with Gasteiger partial charge in [-0.15, -0.1) is 0 Å². The first kappa shape index (κ1) is 15.0. The van der Waals surface area contributed by atoms with E-state index in [4.69, 9.17) is 4.74 Å². The van der Waals surface area contributed by atoms with E-state index in [1.807, 2.05) is 6.92 Å². The van der Waals surface area contributed by atoms with Gasteiger partial charge in [0.15, 0.2) is 0 Å². The van der Waals surface area contributed by atoms with Crippen LogP contribution in [0.15, 0.2) is 0 Å². The van der Waals surface area contributed by atoms with Gasteiger partial charge in [0.05, 0.1) is 6.10 Å². The van der Waals surface area contributed by atoms with E-state index in [0.29, 0.717) is 19.3 Å². The number of carbonyl (C=O) groups is 3. The number of piperazine rings is 1. The highest BCUT2D eigenvalue weighted by molar-refractivity contribution is 6.04. The Morgan fingerprint density at radius 2 is 2.20 bits per heavy atom. The van der Waals surface area contributed by atoms with Crippen LogP contribution in [0.5, 0.6) is 0 Å². The molecular formula is C14H22N2O4. The zero-order valence-electron chi connectivity index (χ0n) is 11.9. The van der Waals surface area contributed by atoms with Crippen LogP contribution in [0.3, 0.4) is 0 Å². The van der Waals surface area contributed by atoms with Gasteiger partial charge in [-0.05, 0) is 32.1 Å². The van der Waals surface area contributed by atoms with Gasteiger partial charge in [0, 0.05) is 13.0 Å². The Morgan fingerprint density at radius 1 is 1.40 bits per heavy atom. The van der Waals surface area contributed by atoms with Crippen molar-refractivity contribution >= 4 is 17.7 Å². The molecule has 1 N–H and O–H groups in total. The summed E-state index contributed by atoms with van der Waals surface area (Å²) in [6.45, 7) is 2.58. The zero-order chi connectivity index (χ0) is 14.5. The summed E-state index contributed by atoms with van der Waals surface area (Å²) in [7, 11) is 0. The average molecular weight is 282 g/mol. The van der Waals surface area contributed by atoms with Gasteiger partial charge < -0.3 is 9.64 Å². The van der Waals surface area contributed by atoms with Crippen LogP contribution in [0.25, 0.3) is 0 Å². The highest BCUT2D eigenvalue weighted by Crippen LogP contribution is 2.19. The van der Waals surface area contributed by atoms with Crippen molar-refractivity contribution in [3.05, 3.63) is 0 Å². The quantitative estimate of drug-likeness (QED) is 0.766. The lowest BCUT2D eigenvalue weighted by Gasteiger charge is -2.34. The van der Waals surface area contributed by atoms with Crippen LogP contribution in [-0.4, -0.2) is 47.9 Å². The Morgan fingerprint density at radius 3 is 2.85 bits per heavy atom. The topological polar surface area (TPSA) is 75.7 Å². The van der Waals surface area contributed by atoms with Crippen molar-refractivity contribution in [1.29, 1.82) is 0 Å². The maximum atomic E-state index is 12.2. The van der Waals surface area contributed by atoms with E-state index in [2.05, 4.69) is 5.32 Å².